The summed E-state index contributed by atoms with van der Waals surface area (Å²) in [5.74, 6) is 0. The Bertz CT molecular complexity index is 499. The van der Waals surface area contributed by atoms with Gasteiger partial charge in [-0.25, -0.2) is 9.97 Å². The van der Waals surface area contributed by atoms with Gasteiger partial charge in [-0.15, -0.1) is 0 Å². The zero-order valence-corrected chi connectivity index (χ0v) is 13.8. The minimum atomic E-state index is 0.526. The highest BCUT2D eigenvalue weighted by Gasteiger charge is 2.11. The number of allylic oxidation sites excluding steroid dienone is 6. The van der Waals surface area contributed by atoms with Crippen LogP contribution in [0, 0.1) is 6.92 Å². The molecule has 1 aromatic heterocycles. The number of aryl methyl sites for hydroxylation is 1. The minimum absolute atomic E-state index is 0.526. The van der Waals surface area contributed by atoms with E-state index in [0.717, 1.165) is 28.6 Å². The molecule has 0 radical (unpaired) electrons. The molecule has 4 heteroatoms. The Morgan fingerprint density at radius 2 is 1.95 bits per heavy atom. The van der Waals surface area contributed by atoms with E-state index in [1.807, 2.05) is 26.8 Å². The Balaban J connectivity index is 0.000000861. The summed E-state index contributed by atoms with van der Waals surface area (Å²) in [5.41, 5.74) is 3.06. The van der Waals surface area contributed by atoms with E-state index in [4.69, 9.17) is 11.6 Å². The van der Waals surface area contributed by atoms with Gasteiger partial charge in [-0.05, 0) is 31.4 Å². The highest BCUT2D eigenvalue weighted by Crippen LogP contribution is 2.29. The second-order valence-electron chi connectivity index (χ2n) is 3.81. The zero-order valence-electron chi connectivity index (χ0n) is 11.5. The third-order valence-corrected chi connectivity index (χ3v) is 3.43. The normalized spacial score (nSPS) is 20.1. The minimum Gasteiger partial charge on any atom is -0.241 e. The van der Waals surface area contributed by atoms with Crippen LogP contribution < -0.4 is 0 Å². The number of nitrogens with zero attached hydrogens (tertiary/aromatic N) is 2. The Kier molecular flexibility index (Phi) is 7.03. The van der Waals surface area contributed by atoms with Gasteiger partial charge < -0.3 is 0 Å². The summed E-state index contributed by atoms with van der Waals surface area (Å²) in [6, 6.07) is 0. The molecule has 1 aromatic rings. The fourth-order valence-electron chi connectivity index (χ4n) is 1.77. The lowest BCUT2D eigenvalue weighted by Crippen LogP contribution is -1.96. The van der Waals surface area contributed by atoms with Crippen molar-refractivity contribution >= 4 is 33.1 Å². The summed E-state index contributed by atoms with van der Waals surface area (Å²) in [4.78, 5) is 8.25. The quantitative estimate of drug-likeness (QED) is 0.632. The van der Waals surface area contributed by atoms with Crippen LogP contribution in [0.25, 0.3) is 5.57 Å². The van der Waals surface area contributed by atoms with Crippen molar-refractivity contribution in [1.29, 1.82) is 0 Å². The van der Waals surface area contributed by atoms with Crippen LogP contribution in [0.4, 0.5) is 0 Å². The van der Waals surface area contributed by atoms with Crippen molar-refractivity contribution in [2.45, 2.75) is 33.6 Å². The topological polar surface area (TPSA) is 25.8 Å². The van der Waals surface area contributed by atoms with E-state index in [1.165, 1.54) is 11.9 Å². The first-order valence-electron chi connectivity index (χ1n) is 6.39. The number of rotatable bonds is 1. The Labute approximate surface area is 128 Å². The van der Waals surface area contributed by atoms with E-state index in [-0.39, 0.29) is 0 Å². The van der Waals surface area contributed by atoms with Crippen LogP contribution in [0.5, 0.6) is 0 Å². The van der Waals surface area contributed by atoms with Crippen LogP contribution in [0.1, 0.15) is 37.9 Å². The summed E-state index contributed by atoms with van der Waals surface area (Å²) >= 11 is 9.63. The summed E-state index contributed by atoms with van der Waals surface area (Å²) in [6.45, 7) is 5.96. The molecule has 0 unspecified atom stereocenters. The summed E-state index contributed by atoms with van der Waals surface area (Å²) in [5, 5.41) is 0.526. The standard InChI is InChI=1S/C13H12BrClN2.C2H6/c1-9-12(13(15)17-8-16-9)10-4-2-3-5-11(14)7-6-10;1-2/h3,5-8H,2,4H2,1H3;1-2H3/b5-3?,10-6+,11-7+;. The average Bonchev–Trinajstić information content (AvgIpc) is 2.39. The molecule has 1 aliphatic rings. The molecular weight excluding hydrogens is 324 g/mol. The molecule has 0 aliphatic heterocycles. The maximum atomic E-state index is 6.15. The fourth-order valence-corrected chi connectivity index (χ4v) is 2.39. The van der Waals surface area contributed by atoms with Crippen LogP contribution in [0.3, 0.4) is 0 Å². The van der Waals surface area contributed by atoms with Gasteiger partial charge in [0.05, 0.1) is 0 Å². The molecule has 0 aromatic carbocycles. The second-order valence-corrected chi connectivity index (χ2v) is 5.08. The van der Waals surface area contributed by atoms with Crippen molar-refractivity contribution in [3.63, 3.8) is 0 Å². The average molecular weight is 342 g/mol. The lowest BCUT2D eigenvalue weighted by atomic mass is 9.99. The summed E-state index contributed by atoms with van der Waals surface area (Å²) in [6.07, 6.45) is 11.7. The molecule has 2 nitrogen and oxygen atoms in total. The van der Waals surface area contributed by atoms with Crippen molar-refractivity contribution < 1.29 is 0 Å². The van der Waals surface area contributed by atoms with Crippen molar-refractivity contribution in [2.24, 2.45) is 0 Å². The monoisotopic (exact) mass is 340 g/mol. The zero-order chi connectivity index (χ0) is 14.3. The Morgan fingerprint density at radius 1 is 1.21 bits per heavy atom. The first kappa shape index (κ1) is 16.1. The molecule has 0 fully saturated rings. The van der Waals surface area contributed by atoms with Crippen molar-refractivity contribution in [3.8, 4) is 0 Å². The van der Waals surface area contributed by atoms with Crippen molar-refractivity contribution in [3.05, 3.63) is 51.5 Å². The van der Waals surface area contributed by atoms with Gasteiger partial charge in [0.2, 0.25) is 0 Å². The fraction of sp³-hybridized carbons (Fsp3) is 0.333. The van der Waals surface area contributed by atoms with Crippen LogP contribution >= 0.6 is 27.5 Å². The molecule has 0 saturated carbocycles. The largest absolute Gasteiger partial charge is 0.241 e. The SMILES string of the molecule is CC.Cc1ncnc(Cl)c1/C1=C/C=C(/Br)C=CCC1. The molecule has 1 heterocycles. The maximum absolute atomic E-state index is 6.15. The van der Waals surface area contributed by atoms with Crippen LogP contribution in [0.2, 0.25) is 5.15 Å². The van der Waals surface area contributed by atoms with Crippen LogP contribution in [-0.4, -0.2) is 9.97 Å². The van der Waals surface area contributed by atoms with E-state index in [1.54, 1.807) is 0 Å². The Hall–Kier alpha value is -0.930. The van der Waals surface area contributed by atoms with Gasteiger partial charge in [-0.3, -0.25) is 0 Å². The molecule has 0 saturated heterocycles. The third-order valence-electron chi connectivity index (χ3n) is 2.61. The smallest absolute Gasteiger partial charge is 0.140 e. The second kappa shape index (κ2) is 8.28. The highest BCUT2D eigenvalue weighted by molar-refractivity contribution is 9.11. The molecule has 0 atom stereocenters. The van der Waals surface area contributed by atoms with Gasteiger partial charge >= 0.3 is 0 Å². The first-order chi connectivity index (χ1) is 9.18. The lowest BCUT2D eigenvalue weighted by Gasteiger charge is -2.11. The third kappa shape index (κ3) is 4.59. The maximum Gasteiger partial charge on any atom is 0.140 e. The van der Waals surface area contributed by atoms with E-state index in [2.05, 4.69) is 44.1 Å². The molecular formula is C15H18BrClN2. The number of halogens is 2. The Morgan fingerprint density at radius 3 is 2.63 bits per heavy atom. The van der Waals surface area contributed by atoms with Gasteiger partial charge in [0.25, 0.3) is 0 Å². The van der Waals surface area contributed by atoms with Crippen LogP contribution in [-0.2, 0) is 0 Å². The highest BCUT2D eigenvalue weighted by atomic mass is 79.9. The lowest BCUT2D eigenvalue weighted by molar-refractivity contribution is 1.03. The summed E-state index contributed by atoms with van der Waals surface area (Å²) in [7, 11) is 0. The number of hydrogen-bond acceptors (Lipinski definition) is 2. The van der Waals surface area contributed by atoms with Crippen molar-refractivity contribution in [1.82, 2.24) is 9.97 Å². The molecule has 19 heavy (non-hydrogen) atoms. The van der Waals surface area contributed by atoms with E-state index in [0.29, 0.717) is 5.15 Å². The molecule has 0 N–H and O–H groups in total. The molecule has 1 aliphatic carbocycles. The van der Waals surface area contributed by atoms with Gasteiger partial charge in [-0.1, -0.05) is 59.6 Å². The summed E-state index contributed by atoms with van der Waals surface area (Å²) < 4.78 is 1.06. The van der Waals surface area contributed by atoms with Gasteiger partial charge in [0, 0.05) is 15.7 Å². The molecule has 2 rings (SSSR count). The molecule has 0 amide bonds. The first-order valence-corrected chi connectivity index (χ1v) is 7.56. The predicted molar refractivity (Wildman–Crippen MR) is 86.5 cm³/mol. The van der Waals surface area contributed by atoms with Gasteiger partial charge in [-0.2, -0.15) is 0 Å². The van der Waals surface area contributed by atoms with Crippen molar-refractivity contribution in [2.75, 3.05) is 0 Å². The van der Waals surface area contributed by atoms with E-state index < -0.39 is 0 Å². The predicted octanol–water partition coefficient (Wildman–Crippen LogP) is 5.48. The van der Waals surface area contributed by atoms with E-state index in [9.17, 15) is 0 Å². The van der Waals surface area contributed by atoms with Gasteiger partial charge in [0.1, 0.15) is 11.5 Å². The van der Waals surface area contributed by atoms with E-state index >= 15 is 0 Å². The molecule has 102 valence electrons. The number of hydrogen-bond donors (Lipinski definition) is 0. The van der Waals surface area contributed by atoms with Gasteiger partial charge in [0.15, 0.2) is 0 Å². The molecule has 0 spiro atoms. The number of aromatic nitrogens is 2. The van der Waals surface area contributed by atoms with Crippen LogP contribution in [0.15, 0.2) is 35.1 Å². The molecule has 0 bridgehead atoms.